The average molecular weight is 311 g/mol. The highest BCUT2D eigenvalue weighted by atomic mass is 35.5. The van der Waals surface area contributed by atoms with Crippen molar-refractivity contribution < 1.29 is 13.6 Å². The molecule has 2 rings (SSSR count). The molecule has 0 radical (unpaired) electrons. The first-order chi connectivity index (χ1) is 9.83. The number of nitrogens with one attached hydrogen (secondary N) is 1. The van der Waals surface area contributed by atoms with E-state index in [1.165, 1.54) is 13.0 Å². The Hall–Kier alpha value is -2.14. The highest BCUT2D eigenvalue weighted by molar-refractivity contribution is 6.30. The summed E-state index contributed by atoms with van der Waals surface area (Å²) in [7, 11) is 0. The molecule has 21 heavy (non-hydrogen) atoms. The van der Waals surface area contributed by atoms with Crippen LogP contribution in [0.15, 0.2) is 42.5 Å². The van der Waals surface area contributed by atoms with E-state index in [-0.39, 0.29) is 5.56 Å². The number of carbonyl (C=O) groups excluding carboxylic acids is 1. The van der Waals surface area contributed by atoms with Gasteiger partial charge in [-0.2, -0.15) is 0 Å². The summed E-state index contributed by atoms with van der Waals surface area (Å²) < 4.78 is 27.0. The number of hydrogen-bond acceptors (Lipinski definition) is 2. The van der Waals surface area contributed by atoms with Gasteiger partial charge in [0.2, 0.25) is 5.91 Å². The molecule has 2 aromatic carbocycles. The van der Waals surface area contributed by atoms with Gasteiger partial charge < -0.3 is 11.1 Å². The summed E-state index contributed by atoms with van der Waals surface area (Å²) in [5.74, 6) is -2.38. The summed E-state index contributed by atoms with van der Waals surface area (Å²) in [4.78, 5) is 11.8. The lowest BCUT2D eigenvalue weighted by Crippen LogP contribution is -2.45. The minimum absolute atomic E-state index is 0.0450. The molecule has 0 aliphatic heterocycles. The zero-order valence-electron chi connectivity index (χ0n) is 11.2. The Morgan fingerprint density at radius 3 is 2.52 bits per heavy atom. The number of hydrogen-bond donors (Lipinski definition) is 2. The Balaban J connectivity index is 2.48. The third kappa shape index (κ3) is 3.13. The highest BCUT2D eigenvalue weighted by Crippen LogP contribution is 2.29. The Kier molecular flexibility index (Phi) is 4.14. The second-order valence-corrected chi connectivity index (χ2v) is 5.19. The molecule has 0 heterocycles. The topological polar surface area (TPSA) is 55.1 Å². The lowest BCUT2D eigenvalue weighted by molar-refractivity contribution is -0.122. The van der Waals surface area contributed by atoms with Crippen molar-refractivity contribution in [3.63, 3.8) is 0 Å². The van der Waals surface area contributed by atoms with Crippen LogP contribution >= 0.6 is 11.6 Å². The highest BCUT2D eigenvalue weighted by Gasteiger charge is 2.36. The van der Waals surface area contributed by atoms with E-state index < -0.39 is 23.1 Å². The molecular formula is C15H13ClF2N2O. The number of benzene rings is 2. The molecular weight excluding hydrogens is 298 g/mol. The molecule has 0 bridgehead atoms. The van der Waals surface area contributed by atoms with Crippen molar-refractivity contribution in [2.45, 2.75) is 12.5 Å². The number of halogens is 3. The molecule has 0 aliphatic rings. The minimum Gasteiger partial charge on any atom is -0.368 e. The van der Waals surface area contributed by atoms with E-state index in [1.54, 1.807) is 24.3 Å². The molecule has 1 unspecified atom stereocenters. The predicted molar refractivity (Wildman–Crippen MR) is 78.0 cm³/mol. The molecule has 0 aromatic heterocycles. The fourth-order valence-electron chi connectivity index (χ4n) is 2.01. The zero-order valence-corrected chi connectivity index (χ0v) is 11.9. The van der Waals surface area contributed by atoms with E-state index in [2.05, 4.69) is 5.32 Å². The van der Waals surface area contributed by atoms with E-state index in [0.29, 0.717) is 16.8 Å². The summed E-state index contributed by atoms with van der Waals surface area (Å²) in [5.41, 5.74) is 4.31. The van der Waals surface area contributed by atoms with Gasteiger partial charge in [0.1, 0.15) is 17.2 Å². The molecule has 0 fully saturated rings. The summed E-state index contributed by atoms with van der Waals surface area (Å²) in [6.45, 7) is 1.42. The van der Waals surface area contributed by atoms with Crippen molar-refractivity contribution in [2.24, 2.45) is 5.73 Å². The molecule has 1 atom stereocenters. The van der Waals surface area contributed by atoms with E-state index in [4.69, 9.17) is 17.3 Å². The average Bonchev–Trinajstić information content (AvgIpc) is 2.38. The van der Waals surface area contributed by atoms with Gasteiger partial charge in [-0.05, 0) is 31.2 Å². The Morgan fingerprint density at radius 1 is 1.24 bits per heavy atom. The van der Waals surface area contributed by atoms with Crippen molar-refractivity contribution in [3.8, 4) is 0 Å². The quantitative estimate of drug-likeness (QED) is 0.909. The fraction of sp³-hybridized carbons (Fsp3) is 0.133. The third-order valence-corrected chi connectivity index (χ3v) is 3.42. The Labute approximate surface area is 125 Å². The van der Waals surface area contributed by atoms with Crippen LogP contribution in [-0.2, 0) is 10.3 Å². The summed E-state index contributed by atoms with van der Waals surface area (Å²) in [6.07, 6.45) is 0. The van der Waals surface area contributed by atoms with Gasteiger partial charge in [0, 0.05) is 22.3 Å². The van der Waals surface area contributed by atoms with Gasteiger partial charge in [-0.3, -0.25) is 4.79 Å². The third-order valence-electron chi connectivity index (χ3n) is 3.18. The second kappa shape index (κ2) is 5.69. The molecule has 110 valence electrons. The van der Waals surface area contributed by atoms with Crippen LogP contribution in [0.25, 0.3) is 0 Å². The van der Waals surface area contributed by atoms with Crippen molar-refractivity contribution in [1.82, 2.24) is 0 Å². The zero-order chi connectivity index (χ0) is 15.6. The summed E-state index contributed by atoms with van der Waals surface area (Å²) in [5, 5.41) is 3.30. The van der Waals surface area contributed by atoms with E-state index >= 15 is 0 Å². The van der Waals surface area contributed by atoms with E-state index in [1.807, 2.05) is 0 Å². The molecule has 6 heteroatoms. The Bertz CT molecular complexity index is 693. The first kappa shape index (κ1) is 15.3. The molecule has 3 N–H and O–H groups in total. The number of anilines is 1. The number of amides is 1. The lowest BCUT2D eigenvalue weighted by atomic mass is 9.90. The number of primary amides is 1. The smallest absolute Gasteiger partial charge is 0.247 e. The van der Waals surface area contributed by atoms with E-state index in [9.17, 15) is 13.6 Å². The van der Waals surface area contributed by atoms with Gasteiger partial charge in [-0.15, -0.1) is 0 Å². The molecule has 1 amide bonds. The fourth-order valence-corrected chi connectivity index (χ4v) is 2.20. The number of nitrogens with two attached hydrogens (primary N) is 1. The van der Waals surface area contributed by atoms with Crippen molar-refractivity contribution in [2.75, 3.05) is 5.32 Å². The monoisotopic (exact) mass is 310 g/mol. The molecule has 0 saturated carbocycles. The second-order valence-electron chi connectivity index (χ2n) is 4.75. The van der Waals surface area contributed by atoms with Crippen molar-refractivity contribution >= 4 is 23.2 Å². The van der Waals surface area contributed by atoms with Crippen LogP contribution in [0.2, 0.25) is 5.02 Å². The molecule has 3 nitrogen and oxygen atoms in total. The van der Waals surface area contributed by atoms with Gasteiger partial charge in [-0.25, -0.2) is 8.78 Å². The van der Waals surface area contributed by atoms with Gasteiger partial charge in [0.25, 0.3) is 0 Å². The summed E-state index contributed by atoms with van der Waals surface area (Å²) in [6, 6.07) is 9.53. The van der Waals surface area contributed by atoms with Gasteiger partial charge in [0.05, 0.1) is 0 Å². The first-order valence-electron chi connectivity index (χ1n) is 6.12. The van der Waals surface area contributed by atoms with Crippen molar-refractivity contribution in [3.05, 3.63) is 64.7 Å². The van der Waals surface area contributed by atoms with Gasteiger partial charge in [-0.1, -0.05) is 23.7 Å². The van der Waals surface area contributed by atoms with Crippen LogP contribution in [-0.4, -0.2) is 5.91 Å². The summed E-state index contributed by atoms with van der Waals surface area (Å²) >= 11 is 5.87. The van der Waals surface area contributed by atoms with Crippen LogP contribution in [0.5, 0.6) is 0 Å². The van der Waals surface area contributed by atoms with Crippen molar-refractivity contribution in [1.29, 1.82) is 0 Å². The van der Waals surface area contributed by atoms with Crippen LogP contribution in [0.1, 0.15) is 12.5 Å². The maximum atomic E-state index is 14.0. The van der Waals surface area contributed by atoms with E-state index in [0.717, 1.165) is 6.07 Å². The largest absolute Gasteiger partial charge is 0.368 e. The standard InChI is InChI=1S/C15H13ClF2N2O/c1-15(14(19)21,12-6-5-10(17)8-13(12)18)20-11-4-2-3-9(16)7-11/h2-8,20H,1H3,(H2,19,21). The molecule has 0 aliphatic carbocycles. The number of carbonyl (C=O) groups is 1. The SMILES string of the molecule is CC(Nc1cccc(Cl)c1)(C(N)=O)c1ccc(F)cc1F. The molecule has 2 aromatic rings. The molecule has 0 spiro atoms. The maximum Gasteiger partial charge on any atom is 0.247 e. The van der Waals surface area contributed by atoms with Crippen LogP contribution in [0, 0.1) is 11.6 Å². The molecule has 0 saturated heterocycles. The van der Waals surface area contributed by atoms with Gasteiger partial charge in [0.15, 0.2) is 0 Å². The normalized spacial score (nSPS) is 13.5. The Morgan fingerprint density at radius 2 is 1.95 bits per heavy atom. The maximum absolute atomic E-state index is 14.0. The van der Waals surface area contributed by atoms with Crippen LogP contribution < -0.4 is 11.1 Å². The number of rotatable bonds is 4. The predicted octanol–water partition coefficient (Wildman–Crippen LogP) is 3.43. The van der Waals surface area contributed by atoms with Gasteiger partial charge >= 0.3 is 0 Å². The minimum atomic E-state index is -1.54. The van der Waals surface area contributed by atoms with Crippen LogP contribution in [0.3, 0.4) is 0 Å². The lowest BCUT2D eigenvalue weighted by Gasteiger charge is -2.29. The first-order valence-corrected chi connectivity index (χ1v) is 6.50. The van der Waals surface area contributed by atoms with Crippen LogP contribution in [0.4, 0.5) is 14.5 Å².